The van der Waals surface area contributed by atoms with Crippen LogP contribution >= 0.6 is 0 Å². The predicted octanol–water partition coefficient (Wildman–Crippen LogP) is 1.66. The average molecular weight is 175 g/mol. The molecule has 0 heterocycles. The van der Waals surface area contributed by atoms with Gasteiger partial charge in [-0.3, -0.25) is 0 Å². The molecule has 1 atom stereocenters. The van der Waals surface area contributed by atoms with Gasteiger partial charge in [-0.15, -0.1) is 0 Å². The second-order valence-corrected chi connectivity index (χ2v) is 3.07. The van der Waals surface area contributed by atoms with E-state index in [1.54, 1.807) is 6.92 Å². The van der Waals surface area contributed by atoms with E-state index in [1.165, 1.54) is 7.11 Å². The summed E-state index contributed by atoms with van der Waals surface area (Å²) in [6.45, 7) is 5.85. The minimum Gasteiger partial charge on any atom is -0.381 e. The summed E-state index contributed by atoms with van der Waals surface area (Å²) in [6, 6.07) is 0. The van der Waals surface area contributed by atoms with E-state index < -0.39 is 5.67 Å². The molecule has 72 valence electrons. The molecule has 0 aromatic rings. The molecule has 0 aromatic carbocycles. The highest BCUT2D eigenvalue weighted by molar-refractivity contribution is 5.09. The van der Waals surface area contributed by atoms with Crippen molar-refractivity contribution in [2.24, 2.45) is 5.73 Å². The topological polar surface area (TPSA) is 35.2 Å². The van der Waals surface area contributed by atoms with E-state index in [0.717, 1.165) is 0 Å². The summed E-state index contributed by atoms with van der Waals surface area (Å²) < 4.78 is 18.6. The quantitative estimate of drug-likeness (QED) is 0.623. The molecule has 0 aliphatic rings. The van der Waals surface area contributed by atoms with Gasteiger partial charge < -0.3 is 10.5 Å². The fourth-order valence-corrected chi connectivity index (χ4v) is 1.02. The molecule has 1 unspecified atom stereocenters. The molecule has 3 heteroatoms. The van der Waals surface area contributed by atoms with Crippen molar-refractivity contribution in [1.82, 2.24) is 0 Å². The number of hydrogen-bond acceptors (Lipinski definition) is 2. The Labute approximate surface area is 73.6 Å². The summed E-state index contributed by atoms with van der Waals surface area (Å²) in [5.74, 6) is 0. The van der Waals surface area contributed by atoms with Crippen molar-refractivity contribution in [1.29, 1.82) is 0 Å². The van der Waals surface area contributed by atoms with Crippen molar-refractivity contribution in [3.8, 4) is 0 Å². The normalized spacial score (nSPS) is 15.7. The zero-order valence-electron chi connectivity index (χ0n) is 7.90. The van der Waals surface area contributed by atoms with Crippen molar-refractivity contribution < 1.29 is 9.13 Å². The summed E-state index contributed by atoms with van der Waals surface area (Å²) in [5, 5.41) is 0. The van der Waals surface area contributed by atoms with Crippen LogP contribution in [0, 0.1) is 0 Å². The molecule has 0 rings (SSSR count). The lowest BCUT2D eigenvalue weighted by Gasteiger charge is -2.24. The number of halogens is 1. The van der Waals surface area contributed by atoms with Gasteiger partial charge in [-0.2, -0.15) is 0 Å². The summed E-state index contributed by atoms with van der Waals surface area (Å²) in [5.41, 5.74) is 4.41. The molecule has 2 nitrogen and oxygen atoms in total. The molecule has 0 bridgehead atoms. The van der Waals surface area contributed by atoms with E-state index in [-0.39, 0.29) is 6.61 Å². The monoisotopic (exact) mass is 175 g/mol. The van der Waals surface area contributed by atoms with Gasteiger partial charge >= 0.3 is 0 Å². The Hall–Kier alpha value is -0.410. The van der Waals surface area contributed by atoms with Crippen molar-refractivity contribution in [3.05, 3.63) is 12.2 Å². The third kappa shape index (κ3) is 3.32. The van der Waals surface area contributed by atoms with E-state index >= 15 is 0 Å². The SMILES string of the molecule is C=C(C)C(F)(CCCN)COC. The first-order chi connectivity index (χ1) is 5.56. The predicted molar refractivity (Wildman–Crippen MR) is 48.8 cm³/mol. The molecule has 0 amide bonds. The van der Waals surface area contributed by atoms with Crippen LogP contribution in [0.15, 0.2) is 12.2 Å². The van der Waals surface area contributed by atoms with Gasteiger partial charge in [-0.25, -0.2) is 4.39 Å². The van der Waals surface area contributed by atoms with Gasteiger partial charge in [0.25, 0.3) is 0 Å². The smallest absolute Gasteiger partial charge is 0.154 e. The highest BCUT2D eigenvalue weighted by Gasteiger charge is 2.29. The lowest BCUT2D eigenvalue weighted by molar-refractivity contribution is 0.0603. The summed E-state index contributed by atoms with van der Waals surface area (Å²) >= 11 is 0. The lowest BCUT2D eigenvalue weighted by atomic mass is 9.93. The first-order valence-electron chi connectivity index (χ1n) is 4.10. The van der Waals surface area contributed by atoms with Gasteiger partial charge in [0.05, 0.1) is 6.61 Å². The average Bonchev–Trinajstić information content (AvgIpc) is 2.01. The molecule has 0 aliphatic carbocycles. The molecule has 0 saturated carbocycles. The van der Waals surface area contributed by atoms with Crippen molar-refractivity contribution in [2.75, 3.05) is 20.3 Å². The van der Waals surface area contributed by atoms with Crippen molar-refractivity contribution >= 4 is 0 Å². The zero-order valence-corrected chi connectivity index (χ0v) is 7.90. The molecule has 12 heavy (non-hydrogen) atoms. The van der Waals surface area contributed by atoms with Crippen LogP contribution in [-0.4, -0.2) is 25.9 Å². The van der Waals surface area contributed by atoms with Gasteiger partial charge in [0.1, 0.15) is 0 Å². The maximum atomic E-state index is 13.8. The Bertz CT molecular complexity index is 149. The number of hydrogen-bond donors (Lipinski definition) is 1. The third-order valence-corrected chi connectivity index (χ3v) is 1.92. The van der Waals surface area contributed by atoms with E-state index in [0.29, 0.717) is 25.0 Å². The van der Waals surface area contributed by atoms with Crippen molar-refractivity contribution in [3.63, 3.8) is 0 Å². The van der Waals surface area contributed by atoms with Crippen LogP contribution in [0.25, 0.3) is 0 Å². The molecule has 0 spiro atoms. The molecule has 2 N–H and O–H groups in total. The van der Waals surface area contributed by atoms with Crippen LogP contribution < -0.4 is 5.73 Å². The fourth-order valence-electron chi connectivity index (χ4n) is 1.02. The first-order valence-corrected chi connectivity index (χ1v) is 4.10. The number of methoxy groups -OCH3 is 1. The Balaban J connectivity index is 4.08. The maximum absolute atomic E-state index is 13.8. The van der Waals surface area contributed by atoms with Crippen molar-refractivity contribution in [2.45, 2.75) is 25.4 Å². The molecule has 0 aliphatic heterocycles. The largest absolute Gasteiger partial charge is 0.381 e. The first kappa shape index (κ1) is 11.6. The Morgan fingerprint density at radius 1 is 1.67 bits per heavy atom. The number of alkyl halides is 1. The van der Waals surface area contributed by atoms with Gasteiger partial charge in [0, 0.05) is 7.11 Å². The Morgan fingerprint density at radius 2 is 2.25 bits per heavy atom. The van der Waals surface area contributed by atoms with Crippen LogP contribution in [0.4, 0.5) is 4.39 Å². The van der Waals surface area contributed by atoms with E-state index in [9.17, 15) is 4.39 Å². The number of ether oxygens (including phenoxy) is 1. The van der Waals surface area contributed by atoms with Gasteiger partial charge in [-0.05, 0) is 31.9 Å². The van der Waals surface area contributed by atoms with Crippen LogP contribution in [0.1, 0.15) is 19.8 Å². The minimum absolute atomic E-state index is 0.0718. The van der Waals surface area contributed by atoms with Crippen LogP contribution in [0.2, 0.25) is 0 Å². The van der Waals surface area contributed by atoms with Gasteiger partial charge in [0.2, 0.25) is 0 Å². The summed E-state index contributed by atoms with van der Waals surface area (Å²) in [6.07, 6.45) is 1.05. The molecule has 0 aromatic heterocycles. The van der Waals surface area contributed by atoms with Gasteiger partial charge in [0.15, 0.2) is 5.67 Å². The molecule has 0 radical (unpaired) electrons. The third-order valence-electron chi connectivity index (χ3n) is 1.92. The second-order valence-electron chi connectivity index (χ2n) is 3.07. The molecular formula is C9H18FNO. The molecular weight excluding hydrogens is 157 g/mol. The number of nitrogens with two attached hydrogens (primary N) is 1. The van der Waals surface area contributed by atoms with Crippen LogP contribution in [-0.2, 0) is 4.74 Å². The Morgan fingerprint density at radius 3 is 2.58 bits per heavy atom. The standard InChI is InChI=1S/C9H18FNO/c1-8(2)9(10,7-12-3)5-4-6-11/h1,4-7,11H2,2-3H3. The molecule has 0 fully saturated rings. The molecule has 0 saturated heterocycles. The van der Waals surface area contributed by atoms with Gasteiger partial charge in [-0.1, -0.05) is 6.58 Å². The summed E-state index contributed by atoms with van der Waals surface area (Å²) in [4.78, 5) is 0. The Kier molecular flexibility index (Phi) is 5.09. The minimum atomic E-state index is -1.39. The van der Waals surface area contributed by atoms with E-state index in [4.69, 9.17) is 10.5 Å². The number of rotatable bonds is 6. The lowest BCUT2D eigenvalue weighted by Crippen LogP contribution is -2.30. The van der Waals surface area contributed by atoms with E-state index in [2.05, 4.69) is 6.58 Å². The van der Waals surface area contributed by atoms with E-state index in [1.807, 2.05) is 0 Å². The van der Waals surface area contributed by atoms with Crippen LogP contribution in [0.5, 0.6) is 0 Å². The zero-order chi connectivity index (χ0) is 9.61. The highest BCUT2D eigenvalue weighted by atomic mass is 19.1. The maximum Gasteiger partial charge on any atom is 0.154 e. The second kappa shape index (κ2) is 5.27. The van der Waals surface area contributed by atoms with Crippen LogP contribution in [0.3, 0.4) is 0 Å². The fraction of sp³-hybridized carbons (Fsp3) is 0.778. The highest BCUT2D eigenvalue weighted by Crippen LogP contribution is 2.26. The summed E-state index contributed by atoms with van der Waals surface area (Å²) in [7, 11) is 1.49.